The average Bonchev–Trinajstić information content (AvgIpc) is 3.41. The molecule has 2 aromatic carbocycles. The molecule has 2 heterocycles. The second kappa shape index (κ2) is 13.8. The van der Waals surface area contributed by atoms with E-state index in [1.807, 2.05) is 42.8 Å². The van der Waals surface area contributed by atoms with Gasteiger partial charge in [0, 0.05) is 37.6 Å². The fraction of sp³-hybridized carbons (Fsp3) is 0.379. The van der Waals surface area contributed by atoms with E-state index in [0.717, 1.165) is 28.7 Å². The number of sulfonamides is 1. The number of benzene rings is 2. The minimum Gasteiger partial charge on any atom is -0.494 e. The Morgan fingerprint density at radius 1 is 1.19 bits per heavy atom. The standard InChI is InChI=1S/C29H35FN6O6S/c1-19(2)15-25-28(38)33-10-13-35-12-9-32-27(35)20-5-3-6-21(16-20)42-14-4-11-36(18-26(37)34-25)29(39)23-17-22(43(31,40)41)7-8-24(23)30/h3,5-9,12,16-17,19,25H,4,10-11,13-15,18H2,1-2H3,(H,33,38)(H,34,37)(H2,31,40,41)/t25-/m1/s1. The number of ether oxygens (including phenoxy) is 1. The number of aromatic nitrogens is 2. The van der Waals surface area contributed by atoms with E-state index in [-0.39, 0.29) is 37.9 Å². The molecule has 0 fully saturated rings. The average molecular weight is 615 g/mol. The molecule has 3 amide bonds. The molecule has 0 spiro atoms. The molecule has 4 N–H and O–H groups in total. The van der Waals surface area contributed by atoms with E-state index in [4.69, 9.17) is 9.88 Å². The molecule has 3 aromatic rings. The molecule has 43 heavy (non-hydrogen) atoms. The highest BCUT2D eigenvalue weighted by atomic mass is 32.2. The van der Waals surface area contributed by atoms with Gasteiger partial charge in [-0.3, -0.25) is 14.4 Å². The maximum atomic E-state index is 14.8. The number of hydrogen-bond donors (Lipinski definition) is 3. The van der Waals surface area contributed by atoms with Gasteiger partial charge in [0.25, 0.3) is 5.91 Å². The van der Waals surface area contributed by atoms with Crippen molar-refractivity contribution >= 4 is 27.7 Å². The predicted molar refractivity (Wildman–Crippen MR) is 156 cm³/mol. The van der Waals surface area contributed by atoms with E-state index in [2.05, 4.69) is 15.6 Å². The molecule has 1 aromatic heterocycles. The van der Waals surface area contributed by atoms with Crippen molar-refractivity contribution in [2.45, 2.75) is 44.2 Å². The van der Waals surface area contributed by atoms with Gasteiger partial charge in [0.15, 0.2) is 0 Å². The molecular weight excluding hydrogens is 579 g/mol. The Morgan fingerprint density at radius 3 is 2.72 bits per heavy atom. The second-order valence-electron chi connectivity index (χ2n) is 10.6. The number of nitrogens with two attached hydrogens (primary N) is 1. The van der Waals surface area contributed by atoms with E-state index in [1.165, 1.54) is 0 Å². The van der Waals surface area contributed by atoms with Crippen LogP contribution in [0.5, 0.6) is 5.75 Å². The predicted octanol–water partition coefficient (Wildman–Crippen LogP) is 1.91. The molecule has 12 nitrogen and oxygen atoms in total. The summed E-state index contributed by atoms with van der Waals surface area (Å²) in [4.78, 5) is 44.9. The van der Waals surface area contributed by atoms with Crippen LogP contribution < -0.4 is 20.5 Å². The van der Waals surface area contributed by atoms with Crippen molar-refractivity contribution in [3.63, 3.8) is 0 Å². The lowest BCUT2D eigenvalue weighted by Gasteiger charge is -2.25. The van der Waals surface area contributed by atoms with Gasteiger partial charge in [0.1, 0.15) is 23.4 Å². The van der Waals surface area contributed by atoms with Gasteiger partial charge >= 0.3 is 0 Å². The first kappa shape index (κ1) is 31.6. The van der Waals surface area contributed by atoms with Crippen molar-refractivity contribution < 1.29 is 31.9 Å². The van der Waals surface area contributed by atoms with E-state index in [0.29, 0.717) is 24.5 Å². The Morgan fingerprint density at radius 2 is 1.98 bits per heavy atom. The van der Waals surface area contributed by atoms with Crippen molar-refractivity contribution in [3.05, 3.63) is 66.2 Å². The molecule has 1 aliphatic rings. The number of carbonyl (C=O) groups is 3. The molecule has 0 unspecified atom stereocenters. The highest BCUT2D eigenvalue weighted by molar-refractivity contribution is 7.89. The second-order valence-corrected chi connectivity index (χ2v) is 12.2. The molecule has 0 saturated heterocycles. The number of nitrogens with zero attached hydrogens (tertiary/aromatic N) is 3. The minimum atomic E-state index is -4.22. The lowest BCUT2D eigenvalue weighted by atomic mass is 10.0. The maximum absolute atomic E-state index is 14.8. The first-order chi connectivity index (χ1) is 20.4. The summed E-state index contributed by atoms with van der Waals surface area (Å²) in [6.45, 7) is 4.14. The third kappa shape index (κ3) is 8.38. The first-order valence-electron chi connectivity index (χ1n) is 13.9. The molecule has 0 aliphatic carbocycles. The maximum Gasteiger partial charge on any atom is 0.257 e. The van der Waals surface area contributed by atoms with Gasteiger partial charge < -0.3 is 24.8 Å². The molecule has 0 radical (unpaired) electrons. The summed E-state index contributed by atoms with van der Waals surface area (Å²) >= 11 is 0. The number of halogens is 1. The lowest BCUT2D eigenvalue weighted by Crippen LogP contribution is -2.51. The van der Waals surface area contributed by atoms with E-state index in [9.17, 15) is 27.2 Å². The summed E-state index contributed by atoms with van der Waals surface area (Å²) in [6.07, 6.45) is 4.08. The van der Waals surface area contributed by atoms with Gasteiger partial charge in [-0.2, -0.15) is 0 Å². The summed E-state index contributed by atoms with van der Waals surface area (Å²) in [6, 6.07) is 9.06. The van der Waals surface area contributed by atoms with E-state index < -0.39 is 50.7 Å². The number of fused-ring (bicyclic) bond motifs is 4. The summed E-state index contributed by atoms with van der Waals surface area (Å²) in [5.41, 5.74) is 0.254. The van der Waals surface area contributed by atoms with Gasteiger partial charge in [-0.25, -0.2) is 22.9 Å². The third-order valence-electron chi connectivity index (χ3n) is 6.78. The van der Waals surface area contributed by atoms with Crippen LogP contribution in [0, 0.1) is 11.7 Å². The SMILES string of the molecule is CC(C)C[C@H]1NC(=O)CN(C(=O)c2cc(S(N)(=O)=O)ccc2F)CCCOc2cccc(c2)-c2nccn2CCNC1=O. The summed E-state index contributed by atoms with van der Waals surface area (Å²) in [5.74, 6) is -1.60. The van der Waals surface area contributed by atoms with Crippen molar-refractivity contribution in [1.82, 2.24) is 25.1 Å². The lowest BCUT2D eigenvalue weighted by molar-refractivity contribution is -0.129. The molecule has 4 rings (SSSR count). The molecule has 0 saturated carbocycles. The van der Waals surface area contributed by atoms with Gasteiger partial charge in [0.2, 0.25) is 21.8 Å². The van der Waals surface area contributed by atoms with Crippen LogP contribution in [-0.4, -0.2) is 72.9 Å². The van der Waals surface area contributed by atoms with E-state index >= 15 is 0 Å². The molecule has 1 aliphatic heterocycles. The molecular formula is C29H35FN6O6S. The fourth-order valence-corrected chi connectivity index (χ4v) is 5.27. The summed E-state index contributed by atoms with van der Waals surface area (Å²) in [7, 11) is -4.22. The number of rotatable bonds is 4. The van der Waals surface area contributed by atoms with Gasteiger partial charge in [-0.1, -0.05) is 26.0 Å². The van der Waals surface area contributed by atoms with Crippen LogP contribution in [0.15, 0.2) is 59.8 Å². The van der Waals surface area contributed by atoms with Crippen LogP contribution in [0.1, 0.15) is 37.0 Å². The highest BCUT2D eigenvalue weighted by Gasteiger charge is 2.27. The van der Waals surface area contributed by atoms with Gasteiger partial charge in [-0.05, 0) is 49.1 Å². The van der Waals surface area contributed by atoms with Crippen molar-refractivity contribution in [1.29, 1.82) is 0 Å². The fourth-order valence-electron chi connectivity index (χ4n) is 4.73. The van der Waals surface area contributed by atoms with Gasteiger partial charge in [-0.15, -0.1) is 0 Å². The number of amides is 3. The molecule has 2 bridgehead atoms. The minimum absolute atomic E-state index is 0.0313. The van der Waals surface area contributed by atoms with Gasteiger partial charge in [0.05, 0.1) is 23.6 Å². The Hall–Kier alpha value is -4.30. The number of imidazole rings is 1. The molecule has 230 valence electrons. The third-order valence-corrected chi connectivity index (χ3v) is 7.69. The van der Waals surface area contributed by atoms with Crippen LogP contribution in [0.3, 0.4) is 0 Å². The Bertz CT molecular complexity index is 1590. The van der Waals surface area contributed by atoms with Crippen molar-refractivity contribution in [2.75, 3.05) is 26.2 Å². The Labute approximate surface area is 249 Å². The van der Waals surface area contributed by atoms with Crippen LogP contribution >= 0.6 is 0 Å². The smallest absolute Gasteiger partial charge is 0.257 e. The number of carbonyl (C=O) groups excluding carboxylic acids is 3. The number of hydrogen-bond acceptors (Lipinski definition) is 7. The number of primary sulfonamides is 1. The monoisotopic (exact) mass is 614 g/mol. The molecule has 1 atom stereocenters. The van der Waals surface area contributed by atoms with Crippen LogP contribution in [0.25, 0.3) is 11.4 Å². The number of nitrogens with one attached hydrogen (secondary N) is 2. The first-order valence-corrected chi connectivity index (χ1v) is 15.4. The highest BCUT2D eigenvalue weighted by Crippen LogP contribution is 2.23. The zero-order chi connectivity index (χ0) is 31.1. The normalized spacial score (nSPS) is 17.2. The quantitative estimate of drug-likeness (QED) is 0.404. The van der Waals surface area contributed by atoms with Crippen LogP contribution in [-0.2, 0) is 26.2 Å². The van der Waals surface area contributed by atoms with E-state index in [1.54, 1.807) is 12.3 Å². The Kier molecular flexibility index (Phi) is 10.1. The zero-order valence-electron chi connectivity index (χ0n) is 24.0. The largest absolute Gasteiger partial charge is 0.494 e. The van der Waals surface area contributed by atoms with Crippen LogP contribution in [0.2, 0.25) is 0 Å². The summed E-state index contributed by atoms with van der Waals surface area (Å²) in [5, 5.41) is 10.7. The summed E-state index contributed by atoms with van der Waals surface area (Å²) < 4.78 is 46.3. The van der Waals surface area contributed by atoms with Crippen molar-refractivity contribution in [2.24, 2.45) is 11.1 Å². The molecule has 14 heteroatoms. The Balaban J connectivity index is 1.64. The topological polar surface area (TPSA) is 166 Å². The zero-order valence-corrected chi connectivity index (χ0v) is 24.8. The van der Waals surface area contributed by atoms with Crippen LogP contribution in [0.4, 0.5) is 4.39 Å². The van der Waals surface area contributed by atoms with Crippen molar-refractivity contribution in [3.8, 4) is 17.1 Å².